The number of phenolic OH excluding ortho intramolecular Hbond substituents is 1. The Kier molecular flexibility index (Phi) is 10.2. The lowest BCUT2D eigenvalue weighted by atomic mass is 9.91. The quantitative estimate of drug-likeness (QED) is 0.205. The molecule has 3 N–H and O–H groups in total. The fourth-order valence-electron chi connectivity index (χ4n) is 6.18. The molecule has 0 bridgehead atoms. The van der Waals surface area contributed by atoms with Gasteiger partial charge < -0.3 is 25.2 Å². The van der Waals surface area contributed by atoms with Crippen LogP contribution >= 0.6 is 0 Å². The third kappa shape index (κ3) is 7.88. The molecular weight excluding hydrogens is 585 g/mol. The van der Waals surface area contributed by atoms with Crippen LogP contribution in [-0.4, -0.2) is 64.3 Å². The van der Waals surface area contributed by atoms with E-state index in [1.807, 2.05) is 61.5 Å². The number of amides is 1. The first-order valence-electron chi connectivity index (χ1n) is 15.9. The van der Waals surface area contributed by atoms with Gasteiger partial charge in [0, 0.05) is 49.5 Å². The van der Waals surface area contributed by atoms with E-state index >= 15 is 0 Å². The lowest BCUT2D eigenvalue weighted by Gasteiger charge is -2.30. The van der Waals surface area contributed by atoms with Crippen LogP contribution in [0.3, 0.4) is 0 Å². The van der Waals surface area contributed by atoms with Gasteiger partial charge >= 0.3 is 0 Å². The number of hydrogen-bond acceptors (Lipinski definition) is 8. The van der Waals surface area contributed by atoms with Gasteiger partial charge in [-0.15, -0.1) is 0 Å². The van der Waals surface area contributed by atoms with Crippen molar-refractivity contribution in [3.8, 4) is 28.5 Å². The molecule has 0 unspecified atom stereocenters. The molecule has 6 rings (SSSR count). The van der Waals surface area contributed by atoms with Crippen molar-refractivity contribution >= 4 is 5.91 Å². The maximum absolute atomic E-state index is 14.5. The maximum atomic E-state index is 14.5. The molecule has 10 heteroatoms. The SMILES string of the molecule is Cc1cccc(CNC2CCC(NC(=O)c3cc(F)cnc3Oc3c(O)ccc(-c4ccccc4)c3CN3CCOCC3)CC2)n1. The number of carbonyl (C=O) groups excluding carboxylic acids is 1. The first kappa shape index (κ1) is 31.6. The second-order valence-corrected chi connectivity index (χ2v) is 12.0. The molecule has 1 aliphatic heterocycles. The molecule has 2 aliphatic rings. The van der Waals surface area contributed by atoms with Crippen LogP contribution in [0.2, 0.25) is 0 Å². The van der Waals surface area contributed by atoms with E-state index in [9.17, 15) is 14.3 Å². The highest BCUT2D eigenvalue weighted by molar-refractivity contribution is 5.96. The van der Waals surface area contributed by atoms with Crippen molar-refractivity contribution in [2.75, 3.05) is 26.3 Å². The number of benzene rings is 2. The highest BCUT2D eigenvalue weighted by Crippen LogP contribution is 2.41. The van der Waals surface area contributed by atoms with Gasteiger partial charge in [0.25, 0.3) is 5.91 Å². The number of morpholine rings is 1. The molecule has 46 heavy (non-hydrogen) atoms. The fraction of sp³-hybridized carbons (Fsp3) is 0.361. The number of hydrogen-bond donors (Lipinski definition) is 3. The maximum Gasteiger partial charge on any atom is 0.257 e. The standard InChI is InChI=1S/C36H40FN5O4/c1-24-6-5-9-29(40-24)22-38-27-10-12-28(13-11-27)41-35(44)31-20-26(37)21-39-36(31)46-34-32(23-42-16-18-45-19-17-42)30(14-15-33(34)43)25-7-3-2-4-8-25/h2-9,14-15,20-21,27-28,38,43H,10-13,16-19,22-23H2,1H3,(H,41,44). The van der Waals surface area contributed by atoms with Crippen molar-refractivity contribution in [3.63, 3.8) is 0 Å². The zero-order chi connectivity index (χ0) is 31.9. The van der Waals surface area contributed by atoms with Gasteiger partial charge in [0.2, 0.25) is 5.88 Å². The summed E-state index contributed by atoms with van der Waals surface area (Å²) in [5, 5.41) is 17.7. The van der Waals surface area contributed by atoms with Gasteiger partial charge in [-0.2, -0.15) is 0 Å². The van der Waals surface area contributed by atoms with Gasteiger partial charge in [0.15, 0.2) is 11.5 Å². The number of aromatic nitrogens is 2. The molecule has 1 aliphatic carbocycles. The van der Waals surface area contributed by atoms with Crippen molar-refractivity contribution in [2.45, 2.75) is 57.8 Å². The summed E-state index contributed by atoms with van der Waals surface area (Å²) >= 11 is 0. The van der Waals surface area contributed by atoms with Gasteiger partial charge in [-0.05, 0) is 68.0 Å². The van der Waals surface area contributed by atoms with E-state index in [1.54, 1.807) is 6.07 Å². The number of phenols is 1. The average molecular weight is 626 g/mol. The molecule has 2 aromatic heterocycles. The Morgan fingerprint density at radius 3 is 2.54 bits per heavy atom. The summed E-state index contributed by atoms with van der Waals surface area (Å²) in [5.41, 5.74) is 4.57. The summed E-state index contributed by atoms with van der Waals surface area (Å²) in [5.74, 6) is -1.08. The summed E-state index contributed by atoms with van der Waals surface area (Å²) in [7, 11) is 0. The Labute approximate surface area is 268 Å². The van der Waals surface area contributed by atoms with E-state index in [0.29, 0.717) is 32.3 Å². The number of aromatic hydroxyl groups is 1. The highest BCUT2D eigenvalue weighted by atomic mass is 19.1. The minimum atomic E-state index is -0.647. The number of nitrogens with zero attached hydrogens (tertiary/aromatic N) is 3. The third-order valence-electron chi connectivity index (χ3n) is 8.65. The predicted molar refractivity (Wildman–Crippen MR) is 173 cm³/mol. The smallest absolute Gasteiger partial charge is 0.257 e. The Hall–Kier alpha value is -4.38. The van der Waals surface area contributed by atoms with Gasteiger partial charge in [-0.25, -0.2) is 9.37 Å². The monoisotopic (exact) mass is 625 g/mol. The van der Waals surface area contributed by atoms with Crippen LogP contribution in [0.5, 0.6) is 17.4 Å². The zero-order valence-electron chi connectivity index (χ0n) is 26.0. The molecule has 0 atom stereocenters. The number of rotatable bonds is 10. The van der Waals surface area contributed by atoms with Crippen molar-refractivity contribution in [3.05, 3.63) is 101 Å². The molecule has 0 spiro atoms. The van der Waals surface area contributed by atoms with Crippen LogP contribution in [0.15, 0.2) is 72.9 Å². The molecule has 0 radical (unpaired) electrons. The number of pyridine rings is 2. The van der Waals surface area contributed by atoms with Gasteiger partial charge in [-0.3, -0.25) is 14.7 Å². The predicted octanol–water partition coefficient (Wildman–Crippen LogP) is 5.75. The van der Waals surface area contributed by atoms with E-state index < -0.39 is 11.7 Å². The number of ether oxygens (including phenoxy) is 2. The van der Waals surface area contributed by atoms with Crippen molar-refractivity contribution in [2.24, 2.45) is 0 Å². The van der Waals surface area contributed by atoms with E-state index in [-0.39, 0.29) is 29.0 Å². The van der Waals surface area contributed by atoms with Crippen LogP contribution < -0.4 is 15.4 Å². The van der Waals surface area contributed by atoms with Gasteiger partial charge in [0.1, 0.15) is 11.4 Å². The van der Waals surface area contributed by atoms with Crippen LogP contribution in [0.4, 0.5) is 4.39 Å². The number of halogens is 1. The van der Waals surface area contributed by atoms with E-state index in [0.717, 1.165) is 79.1 Å². The van der Waals surface area contributed by atoms with E-state index in [1.165, 1.54) is 0 Å². The summed E-state index contributed by atoms with van der Waals surface area (Å²) < 4.78 is 26.3. The molecule has 3 heterocycles. The van der Waals surface area contributed by atoms with E-state index in [4.69, 9.17) is 9.47 Å². The normalized spacial score (nSPS) is 18.7. The lowest BCUT2D eigenvalue weighted by molar-refractivity contribution is 0.0339. The van der Waals surface area contributed by atoms with Crippen LogP contribution in [0.1, 0.15) is 53.0 Å². The Morgan fingerprint density at radius 2 is 1.78 bits per heavy atom. The molecule has 2 fully saturated rings. The van der Waals surface area contributed by atoms with Crippen molar-refractivity contribution in [1.82, 2.24) is 25.5 Å². The Balaban J connectivity index is 1.18. The first-order valence-corrected chi connectivity index (χ1v) is 15.9. The third-order valence-corrected chi connectivity index (χ3v) is 8.65. The molecule has 240 valence electrons. The Morgan fingerprint density at radius 1 is 1.02 bits per heavy atom. The van der Waals surface area contributed by atoms with Crippen LogP contribution in [0.25, 0.3) is 11.1 Å². The topological polar surface area (TPSA) is 109 Å². The molecule has 1 amide bonds. The average Bonchev–Trinajstić information content (AvgIpc) is 3.07. The highest BCUT2D eigenvalue weighted by Gasteiger charge is 2.27. The summed E-state index contributed by atoms with van der Waals surface area (Å²) in [6.07, 6.45) is 4.38. The van der Waals surface area contributed by atoms with Crippen molar-refractivity contribution < 1.29 is 23.8 Å². The molecule has 1 saturated heterocycles. The number of carbonyl (C=O) groups is 1. The number of nitrogens with one attached hydrogen (secondary N) is 2. The van der Waals surface area contributed by atoms with Crippen LogP contribution in [0, 0.1) is 12.7 Å². The van der Waals surface area contributed by atoms with Gasteiger partial charge in [-0.1, -0.05) is 42.5 Å². The van der Waals surface area contributed by atoms with E-state index in [2.05, 4.69) is 25.5 Å². The van der Waals surface area contributed by atoms with Gasteiger partial charge in [0.05, 0.1) is 25.1 Å². The fourth-order valence-corrected chi connectivity index (χ4v) is 6.18. The van der Waals surface area contributed by atoms with Crippen molar-refractivity contribution in [1.29, 1.82) is 0 Å². The molecule has 4 aromatic rings. The second kappa shape index (κ2) is 14.8. The molecule has 9 nitrogen and oxygen atoms in total. The molecule has 2 aromatic carbocycles. The molecule has 1 saturated carbocycles. The second-order valence-electron chi connectivity index (χ2n) is 12.0. The minimum absolute atomic E-state index is 0.0207. The molecular formula is C36H40FN5O4. The minimum Gasteiger partial charge on any atom is -0.504 e. The summed E-state index contributed by atoms with van der Waals surface area (Å²) in [6, 6.07) is 20.7. The lowest BCUT2D eigenvalue weighted by Crippen LogP contribution is -2.42. The van der Waals surface area contributed by atoms with Crippen LogP contribution in [-0.2, 0) is 17.8 Å². The first-order chi connectivity index (χ1) is 22.4. The number of aryl methyl sites for hydroxylation is 1. The summed E-state index contributed by atoms with van der Waals surface area (Å²) in [6.45, 7) is 5.85. The summed E-state index contributed by atoms with van der Waals surface area (Å²) in [4.78, 5) is 24.5. The Bertz CT molecular complexity index is 1640. The largest absolute Gasteiger partial charge is 0.504 e. The zero-order valence-corrected chi connectivity index (χ0v) is 26.0.